The summed E-state index contributed by atoms with van der Waals surface area (Å²) in [6.45, 7) is 0. The van der Waals surface area contributed by atoms with Gasteiger partial charge in [0.25, 0.3) is 0 Å². The van der Waals surface area contributed by atoms with E-state index in [0.29, 0.717) is 6.42 Å². The minimum absolute atomic E-state index is 0.197. The Hall–Kier alpha value is -2.53. The first-order chi connectivity index (χ1) is 13.9. The summed E-state index contributed by atoms with van der Waals surface area (Å²) in [7, 11) is 0. The molecule has 0 saturated heterocycles. The van der Waals surface area contributed by atoms with E-state index in [9.17, 15) is 18.0 Å². The largest absolute Gasteiger partial charge is 0.389 e. The van der Waals surface area contributed by atoms with E-state index >= 15 is 0 Å². The van der Waals surface area contributed by atoms with E-state index in [0.717, 1.165) is 50.0 Å². The van der Waals surface area contributed by atoms with Crippen molar-refractivity contribution >= 4 is 44.5 Å². The number of benzene rings is 3. The van der Waals surface area contributed by atoms with Crippen molar-refractivity contribution in [1.82, 2.24) is 0 Å². The zero-order chi connectivity index (χ0) is 20.2. The van der Waals surface area contributed by atoms with Crippen LogP contribution in [-0.4, -0.2) is 17.0 Å². The molecule has 0 aromatic heterocycles. The molecule has 0 N–H and O–H groups in total. The van der Waals surface area contributed by atoms with Crippen molar-refractivity contribution in [1.29, 1.82) is 0 Å². The number of allylic oxidation sites excluding steroid dienone is 3. The average molecular weight is 410 g/mol. The van der Waals surface area contributed by atoms with Crippen molar-refractivity contribution in [3.8, 4) is 0 Å². The minimum Gasteiger partial charge on any atom is -0.286 e. The van der Waals surface area contributed by atoms with Gasteiger partial charge in [0.15, 0.2) is 0 Å². The summed E-state index contributed by atoms with van der Waals surface area (Å²) in [5, 5.41) is 4.30. The van der Waals surface area contributed by atoms with Crippen molar-refractivity contribution < 1.29 is 18.0 Å². The molecule has 5 heteroatoms. The third-order valence-corrected chi connectivity index (χ3v) is 6.93. The molecule has 146 valence electrons. The van der Waals surface area contributed by atoms with Gasteiger partial charge in [-0.2, -0.15) is 13.2 Å². The maximum absolute atomic E-state index is 13.2. The van der Waals surface area contributed by atoms with Crippen LogP contribution in [0.25, 0.3) is 27.6 Å². The van der Waals surface area contributed by atoms with Crippen LogP contribution >= 0.6 is 11.8 Å². The van der Waals surface area contributed by atoms with Crippen molar-refractivity contribution in [2.75, 3.05) is 5.75 Å². The first-order valence-corrected chi connectivity index (χ1v) is 10.5. The Morgan fingerprint density at radius 2 is 1.79 bits per heavy atom. The third-order valence-electron chi connectivity index (χ3n) is 5.91. The van der Waals surface area contributed by atoms with Crippen LogP contribution < -0.4 is 0 Å². The molecule has 3 aromatic carbocycles. The SMILES string of the molecule is O=C(SCCC(F)(F)F)C12CC=CC1=Cc1c2ccc2c1ccc1ccccc12. The third kappa shape index (κ3) is 2.83. The number of thioether (sulfide) groups is 1. The van der Waals surface area contributed by atoms with Crippen LogP contribution in [0.15, 0.2) is 66.3 Å². The fourth-order valence-corrected chi connectivity index (χ4v) is 5.62. The molecule has 29 heavy (non-hydrogen) atoms. The van der Waals surface area contributed by atoms with Crippen LogP contribution in [0.3, 0.4) is 0 Å². The zero-order valence-corrected chi connectivity index (χ0v) is 16.2. The molecule has 0 fully saturated rings. The Kier molecular flexibility index (Phi) is 4.14. The van der Waals surface area contributed by atoms with Crippen molar-refractivity contribution in [2.45, 2.75) is 24.4 Å². The second-order valence-electron chi connectivity index (χ2n) is 7.52. The lowest BCUT2D eigenvalue weighted by Gasteiger charge is -2.27. The lowest BCUT2D eigenvalue weighted by Crippen LogP contribution is -2.31. The molecule has 0 amide bonds. The molecule has 0 bridgehead atoms. The summed E-state index contributed by atoms with van der Waals surface area (Å²) in [5.74, 6) is -0.245. The molecule has 5 rings (SSSR count). The molecule has 2 aliphatic rings. The van der Waals surface area contributed by atoms with Gasteiger partial charge in [0.05, 0.1) is 11.8 Å². The predicted octanol–water partition coefficient (Wildman–Crippen LogP) is 6.80. The standard InChI is InChI=1S/C24H17F3OS/c25-24(26,27)12-13-29-22(28)23-11-3-5-16(23)14-20-19-8-7-15-4-1-2-6-17(15)18(19)9-10-21(20)23/h1-10,14H,11-13H2. The van der Waals surface area contributed by atoms with Gasteiger partial charge >= 0.3 is 6.18 Å². The van der Waals surface area contributed by atoms with Gasteiger partial charge in [-0.05, 0) is 50.7 Å². The monoisotopic (exact) mass is 410 g/mol. The predicted molar refractivity (Wildman–Crippen MR) is 113 cm³/mol. The Labute approximate surface area is 170 Å². The number of carbonyl (C=O) groups is 1. The highest BCUT2D eigenvalue weighted by Gasteiger charge is 2.49. The maximum atomic E-state index is 13.2. The molecule has 0 heterocycles. The number of halogens is 3. The van der Waals surface area contributed by atoms with E-state index in [2.05, 4.69) is 24.3 Å². The molecular weight excluding hydrogens is 393 g/mol. The number of fused-ring (bicyclic) bond motifs is 7. The second kappa shape index (κ2) is 6.49. The van der Waals surface area contributed by atoms with E-state index in [4.69, 9.17) is 0 Å². The Balaban J connectivity index is 1.60. The zero-order valence-electron chi connectivity index (χ0n) is 15.4. The summed E-state index contributed by atoms with van der Waals surface area (Å²) in [6.07, 6.45) is 1.22. The number of alkyl halides is 3. The molecule has 0 radical (unpaired) electrons. The Bertz CT molecular complexity index is 1220. The molecule has 0 spiro atoms. The van der Waals surface area contributed by atoms with Gasteiger partial charge in [0.1, 0.15) is 0 Å². The van der Waals surface area contributed by atoms with Crippen LogP contribution in [-0.2, 0) is 10.2 Å². The van der Waals surface area contributed by atoms with E-state index in [1.807, 2.05) is 42.5 Å². The van der Waals surface area contributed by atoms with Crippen LogP contribution in [0, 0.1) is 0 Å². The molecule has 2 aliphatic carbocycles. The second-order valence-corrected chi connectivity index (χ2v) is 8.59. The van der Waals surface area contributed by atoms with Gasteiger partial charge in [-0.3, -0.25) is 4.79 Å². The van der Waals surface area contributed by atoms with Gasteiger partial charge in [0.2, 0.25) is 5.12 Å². The summed E-state index contributed by atoms with van der Waals surface area (Å²) < 4.78 is 37.6. The summed E-state index contributed by atoms with van der Waals surface area (Å²) in [5.41, 5.74) is 1.95. The smallest absolute Gasteiger partial charge is 0.286 e. The highest BCUT2D eigenvalue weighted by molar-refractivity contribution is 8.13. The fourth-order valence-electron chi connectivity index (χ4n) is 4.55. The van der Waals surface area contributed by atoms with E-state index in [-0.39, 0.29) is 10.9 Å². The van der Waals surface area contributed by atoms with E-state index in [1.54, 1.807) is 0 Å². The molecular formula is C24H17F3OS. The maximum Gasteiger partial charge on any atom is 0.389 e. The first-order valence-electron chi connectivity index (χ1n) is 9.48. The molecule has 1 nitrogen and oxygen atoms in total. The van der Waals surface area contributed by atoms with Crippen LogP contribution in [0.1, 0.15) is 24.0 Å². The quantitative estimate of drug-likeness (QED) is 0.442. The first kappa shape index (κ1) is 18.5. The lowest BCUT2D eigenvalue weighted by atomic mass is 9.78. The van der Waals surface area contributed by atoms with Gasteiger partial charge in [-0.15, -0.1) is 0 Å². The van der Waals surface area contributed by atoms with Crippen LogP contribution in [0.2, 0.25) is 0 Å². The van der Waals surface area contributed by atoms with Crippen molar-refractivity contribution in [3.05, 3.63) is 77.4 Å². The summed E-state index contributed by atoms with van der Waals surface area (Å²) in [6, 6.07) is 16.4. The van der Waals surface area contributed by atoms with Crippen molar-refractivity contribution in [2.24, 2.45) is 0 Å². The average Bonchev–Trinajstić information content (AvgIpc) is 3.24. The molecule has 0 aliphatic heterocycles. The highest BCUT2D eigenvalue weighted by Crippen LogP contribution is 2.53. The Morgan fingerprint density at radius 1 is 1.00 bits per heavy atom. The Morgan fingerprint density at radius 3 is 2.62 bits per heavy atom. The number of hydrogen-bond acceptors (Lipinski definition) is 2. The van der Waals surface area contributed by atoms with Gasteiger partial charge in [-0.1, -0.05) is 72.4 Å². The molecule has 3 aromatic rings. The van der Waals surface area contributed by atoms with Crippen LogP contribution in [0.5, 0.6) is 0 Å². The number of rotatable bonds is 3. The number of carbonyl (C=O) groups excluding carboxylic acids is 1. The van der Waals surface area contributed by atoms with Gasteiger partial charge in [-0.25, -0.2) is 0 Å². The topological polar surface area (TPSA) is 17.1 Å². The minimum atomic E-state index is -4.25. The lowest BCUT2D eigenvalue weighted by molar-refractivity contribution is -0.129. The molecule has 0 saturated carbocycles. The van der Waals surface area contributed by atoms with Gasteiger partial charge < -0.3 is 0 Å². The van der Waals surface area contributed by atoms with Crippen LogP contribution in [0.4, 0.5) is 13.2 Å². The molecule has 1 atom stereocenters. The fraction of sp³-hybridized carbons (Fsp3) is 0.208. The summed E-state index contributed by atoms with van der Waals surface area (Å²) in [4.78, 5) is 13.2. The summed E-state index contributed by atoms with van der Waals surface area (Å²) >= 11 is 0.800. The van der Waals surface area contributed by atoms with Gasteiger partial charge in [0, 0.05) is 5.75 Å². The normalized spacial score (nSPS) is 20.2. The van der Waals surface area contributed by atoms with E-state index < -0.39 is 18.0 Å². The number of hydrogen-bond donors (Lipinski definition) is 0. The molecule has 1 unspecified atom stereocenters. The van der Waals surface area contributed by atoms with Crippen molar-refractivity contribution in [3.63, 3.8) is 0 Å². The van der Waals surface area contributed by atoms with E-state index in [1.165, 1.54) is 0 Å². The highest BCUT2D eigenvalue weighted by atomic mass is 32.2.